The van der Waals surface area contributed by atoms with E-state index in [1.54, 1.807) is 12.4 Å². The number of benzene rings is 1. The summed E-state index contributed by atoms with van der Waals surface area (Å²) in [5.74, 6) is 2.20. The average Bonchev–Trinajstić information content (AvgIpc) is 2.86. The highest BCUT2D eigenvalue weighted by Gasteiger charge is 2.16. The molecule has 2 rings (SSSR count). The van der Waals surface area contributed by atoms with E-state index in [9.17, 15) is 0 Å². The van der Waals surface area contributed by atoms with Crippen LogP contribution in [0.5, 0.6) is 11.5 Å². The van der Waals surface area contributed by atoms with Gasteiger partial charge in [0.1, 0.15) is 5.75 Å². The van der Waals surface area contributed by atoms with Crippen LogP contribution in [-0.2, 0) is 4.74 Å². The highest BCUT2D eigenvalue weighted by atomic mass is 28.3. The lowest BCUT2D eigenvalue weighted by atomic mass is 10.2. The van der Waals surface area contributed by atoms with Crippen LogP contribution in [0.3, 0.4) is 0 Å². The van der Waals surface area contributed by atoms with Crippen LogP contribution in [0, 0.1) is 0 Å². The second-order valence-electron chi connectivity index (χ2n) is 9.79. The van der Waals surface area contributed by atoms with Crippen LogP contribution in [0.2, 0.25) is 25.2 Å². The molecular formula is C28H46N2O3Si. The molecule has 6 heteroatoms. The minimum Gasteiger partial charge on any atom is -0.493 e. The predicted molar refractivity (Wildman–Crippen MR) is 145 cm³/mol. The Morgan fingerprint density at radius 2 is 1.38 bits per heavy atom. The molecule has 34 heavy (non-hydrogen) atoms. The van der Waals surface area contributed by atoms with Crippen LogP contribution >= 0.6 is 0 Å². The third-order valence-corrected chi connectivity index (χ3v) is 9.93. The lowest BCUT2D eigenvalue weighted by molar-refractivity contribution is 0.124. The molecular weight excluding hydrogens is 440 g/mol. The molecule has 0 aliphatic rings. The van der Waals surface area contributed by atoms with Gasteiger partial charge in [-0.1, -0.05) is 76.8 Å². The molecule has 0 N–H and O–H groups in total. The summed E-state index contributed by atoms with van der Waals surface area (Å²) in [5, 5.41) is 0. The normalized spacial score (nSPS) is 11.5. The Balaban J connectivity index is 1.70. The summed E-state index contributed by atoms with van der Waals surface area (Å²) >= 11 is 0. The van der Waals surface area contributed by atoms with Crippen molar-refractivity contribution in [1.29, 1.82) is 0 Å². The lowest BCUT2D eigenvalue weighted by Gasteiger charge is -2.19. The summed E-state index contributed by atoms with van der Waals surface area (Å²) in [6.45, 7) is 12.5. The number of nitrogens with zero attached hydrogens (tertiary/aromatic N) is 2. The smallest absolute Gasteiger partial charge is 0.163 e. The first kappa shape index (κ1) is 28.3. The molecule has 0 aliphatic heterocycles. The van der Waals surface area contributed by atoms with Gasteiger partial charge in [-0.15, -0.1) is 0 Å². The van der Waals surface area contributed by atoms with E-state index in [2.05, 4.69) is 36.9 Å². The molecule has 5 nitrogen and oxygen atoms in total. The monoisotopic (exact) mass is 486 g/mol. The largest absolute Gasteiger partial charge is 0.493 e. The highest BCUT2D eigenvalue weighted by molar-refractivity contribution is 6.77. The molecule has 0 fully saturated rings. The zero-order valence-corrected chi connectivity index (χ0v) is 23.0. The van der Waals surface area contributed by atoms with Gasteiger partial charge in [0.2, 0.25) is 0 Å². The number of ether oxygens (including phenoxy) is 3. The average molecular weight is 487 g/mol. The van der Waals surface area contributed by atoms with E-state index < -0.39 is 8.07 Å². The first-order chi connectivity index (χ1) is 16.6. The van der Waals surface area contributed by atoms with Gasteiger partial charge in [-0.05, 0) is 37.8 Å². The number of rotatable bonds is 19. The maximum absolute atomic E-state index is 6.02. The number of unbranched alkanes of at least 4 members (excludes halogenated alkanes) is 5. The molecule has 0 amide bonds. The molecule has 0 spiro atoms. The molecule has 2 aromatic rings. The fraction of sp³-hybridized carbons (Fsp3) is 0.643. The quantitative estimate of drug-likeness (QED) is 0.150. The lowest BCUT2D eigenvalue weighted by Crippen LogP contribution is -2.22. The van der Waals surface area contributed by atoms with Gasteiger partial charge < -0.3 is 14.2 Å². The van der Waals surface area contributed by atoms with Gasteiger partial charge in [-0.3, -0.25) is 0 Å². The van der Waals surface area contributed by atoms with E-state index in [1.165, 1.54) is 37.8 Å². The van der Waals surface area contributed by atoms with Gasteiger partial charge in [-0.25, -0.2) is 9.97 Å². The van der Waals surface area contributed by atoms with Gasteiger partial charge in [0, 0.05) is 21.3 Å². The van der Waals surface area contributed by atoms with Gasteiger partial charge in [0.05, 0.1) is 31.2 Å². The van der Waals surface area contributed by atoms with Crippen LogP contribution in [0.25, 0.3) is 11.4 Å². The molecule has 0 saturated heterocycles. The van der Waals surface area contributed by atoms with Crippen LogP contribution < -0.4 is 9.47 Å². The Morgan fingerprint density at radius 1 is 0.735 bits per heavy atom. The van der Waals surface area contributed by atoms with Crippen molar-refractivity contribution in [2.24, 2.45) is 0 Å². The molecule has 0 atom stereocenters. The minimum atomic E-state index is -0.915. The third-order valence-electron chi connectivity index (χ3n) is 6.31. The van der Waals surface area contributed by atoms with Crippen molar-refractivity contribution >= 4 is 8.07 Å². The summed E-state index contributed by atoms with van der Waals surface area (Å²) in [6, 6.07) is 10.8. The van der Waals surface area contributed by atoms with Gasteiger partial charge in [0.15, 0.2) is 11.6 Å². The van der Waals surface area contributed by atoms with Gasteiger partial charge in [0.25, 0.3) is 0 Å². The summed E-state index contributed by atoms with van der Waals surface area (Å²) in [7, 11) is -0.915. The Kier molecular flexibility index (Phi) is 13.9. The van der Waals surface area contributed by atoms with Crippen LogP contribution in [0.4, 0.5) is 0 Å². The Labute approximate surface area is 208 Å². The molecule has 0 saturated carbocycles. The maximum Gasteiger partial charge on any atom is 0.163 e. The van der Waals surface area contributed by atoms with Crippen molar-refractivity contribution in [1.82, 2.24) is 9.97 Å². The summed E-state index contributed by atoms with van der Waals surface area (Å²) in [6.07, 6.45) is 12.8. The molecule has 1 aromatic carbocycles. The molecule has 0 radical (unpaired) electrons. The van der Waals surface area contributed by atoms with Crippen molar-refractivity contribution in [3.8, 4) is 22.9 Å². The second kappa shape index (κ2) is 16.7. The van der Waals surface area contributed by atoms with E-state index in [0.29, 0.717) is 12.4 Å². The first-order valence-electron chi connectivity index (χ1n) is 13.3. The van der Waals surface area contributed by atoms with Crippen LogP contribution in [0.1, 0.15) is 65.2 Å². The molecule has 0 bridgehead atoms. The number of aromatic nitrogens is 2. The summed E-state index contributed by atoms with van der Waals surface area (Å²) in [5.41, 5.74) is 0.909. The standard InChI is InChI=1S/C28H46N2O3Si/c1-5-7-18-31-19-13-14-21-33-27-17-11-10-16-26(27)28-29-23-25(24-30-28)32-20-12-8-9-15-22-34(3,4)6-2/h10-11,16-17,23-24H,5-9,12-15,18-22H2,1-4H3. The molecule has 1 aromatic heterocycles. The summed E-state index contributed by atoms with van der Waals surface area (Å²) in [4.78, 5) is 9.06. The molecule has 0 unspecified atom stereocenters. The second-order valence-corrected chi connectivity index (χ2v) is 15.3. The minimum absolute atomic E-state index is 0.660. The van der Waals surface area contributed by atoms with E-state index >= 15 is 0 Å². The van der Waals surface area contributed by atoms with E-state index in [-0.39, 0.29) is 0 Å². The predicted octanol–water partition coefficient (Wildman–Crippen LogP) is 7.79. The fourth-order valence-electron chi connectivity index (χ4n) is 3.57. The Bertz CT molecular complexity index is 783. The Hall–Kier alpha value is -1.92. The SMILES string of the molecule is CCCCOCCCCOc1ccccc1-c1ncc(OCCCCCC[Si](C)(C)CC)cn1. The first-order valence-corrected chi connectivity index (χ1v) is 16.7. The van der Waals surface area contributed by atoms with Crippen molar-refractivity contribution < 1.29 is 14.2 Å². The zero-order valence-electron chi connectivity index (χ0n) is 22.0. The highest BCUT2D eigenvalue weighted by Crippen LogP contribution is 2.28. The van der Waals surface area contributed by atoms with Crippen LogP contribution in [-0.4, -0.2) is 44.5 Å². The van der Waals surface area contributed by atoms with Crippen molar-refractivity contribution in [3.05, 3.63) is 36.7 Å². The molecule has 0 aliphatic carbocycles. The number of para-hydroxylation sites is 1. The summed E-state index contributed by atoms with van der Waals surface area (Å²) < 4.78 is 17.5. The van der Waals surface area contributed by atoms with Crippen molar-refractivity contribution in [2.45, 2.75) is 90.4 Å². The van der Waals surface area contributed by atoms with E-state index in [0.717, 1.165) is 62.6 Å². The van der Waals surface area contributed by atoms with E-state index in [4.69, 9.17) is 14.2 Å². The zero-order chi connectivity index (χ0) is 24.5. The van der Waals surface area contributed by atoms with E-state index in [1.807, 2.05) is 24.3 Å². The number of hydrogen-bond acceptors (Lipinski definition) is 5. The maximum atomic E-state index is 6.02. The third kappa shape index (κ3) is 11.5. The van der Waals surface area contributed by atoms with Gasteiger partial charge in [-0.2, -0.15) is 0 Å². The van der Waals surface area contributed by atoms with Gasteiger partial charge >= 0.3 is 0 Å². The fourth-order valence-corrected chi connectivity index (χ4v) is 5.13. The Morgan fingerprint density at radius 3 is 2.15 bits per heavy atom. The topological polar surface area (TPSA) is 53.5 Å². The van der Waals surface area contributed by atoms with Crippen molar-refractivity contribution in [3.63, 3.8) is 0 Å². The molecule has 1 heterocycles. The molecule has 190 valence electrons. The van der Waals surface area contributed by atoms with Crippen LogP contribution in [0.15, 0.2) is 36.7 Å². The van der Waals surface area contributed by atoms with Crippen molar-refractivity contribution in [2.75, 3.05) is 26.4 Å². The number of hydrogen-bond donors (Lipinski definition) is 0.